The molecule has 310 valence electrons. The van der Waals surface area contributed by atoms with Crippen molar-refractivity contribution in [3.05, 3.63) is 72.9 Å². The summed E-state index contributed by atoms with van der Waals surface area (Å²) in [5.41, 5.74) is 0. The average molecular weight is 753 g/mol. The Kier molecular flexibility index (Phi) is 42.5. The van der Waals surface area contributed by atoms with Gasteiger partial charge in [-0.3, -0.25) is 9.59 Å². The lowest BCUT2D eigenvalue weighted by molar-refractivity contribution is -0.161. The summed E-state index contributed by atoms with van der Waals surface area (Å²) < 4.78 is 10.6. The number of ether oxygens (including phenoxy) is 2. The average Bonchev–Trinajstić information content (AvgIpc) is 3.17. The molecule has 0 aliphatic rings. The van der Waals surface area contributed by atoms with E-state index in [4.69, 9.17) is 9.47 Å². The van der Waals surface area contributed by atoms with Gasteiger partial charge in [0.15, 0.2) is 6.10 Å². The van der Waals surface area contributed by atoms with Crippen LogP contribution >= 0.6 is 0 Å². The molecule has 1 atom stereocenters. The molecular weight excluding hydrogens is 669 g/mol. The third kappa shape index (κ3) is 42.1. The molecule has 0 aliphatic carbocycles. The smallest absolute Gasteiger partial charge is 0.306 e. The zero-order valence-corrected chi connectivity index (χ0v) is 35.2. The number of hydrogen-bond acceptors (Lipinski definition) is 5. The summed E-state index contributed by atoms with van der Waals surface area (Å²) >= 11 is 0. The first kappa shape index (κ1) is 51.3. The van der Waals surface area contributed by atoms with Crippen molar-refractivity contribution in [3.8, 4) is 0 Å². The van der Waals surface area contributed by atoms with E-state index in [0.717, 1.165) is 83.5 Å². The maximum atomic E-state index is 12.2. The molecule has 0 rings (SSSR count). The molecule has 0 spiro atoms. The van der Waals surface area contributed by atoms with Crippen molar-refractivity contribution >= 4 is 11.9 Å². The number of unbranched alkanes of at least 4 members (excludes halogenated alkanes) is 20. The lowest BCUT2D eigenvalue weighted by Crippen LogP contribution is -2.28. The van der Waals surface area contributed by atoms with E-state index in [2.05, 4.69) is 86.8 Å². The van der Waals surface area contributed by atoms with Gasteiger partial charge in [-0.15, -0.1) is 0 Å². The van der Waals surface area contributed by atoms with E-state index in [1.165, 1.54) is 96.3 Å². The van der Waals surface area contributed by atoms with Crippen LogP contribution in [0.15, 0.2) is 72.9 Å². The summed E-state index contributed by atoms with van der Waals surface area (Å²) in [7, 11) is 0. The molecule has 0 saturated carbocycles. The standard InChI is InChI=1S/C49H84O5/c1-3-5-7-9-11-13-15-17-19-20-21-22-23-24-25-26-27-28-30-32-34-36-38-40-42-44-49(52)54-47(45-50)46-53-48(51)43-41-39-37-35-33-31-29-18-16-14-12-10-8-6-4-2/h6,8,12,14-15,17-18,20-21,23-24,29,47,50H,3-5,7,9-11,13,16,19,22,25-28,30-46H2,1-2H3/b8-6-,14-12-,17-15-,21-20-,24-23-,29-18-. The summed E-state index contributed by atoms with van der Waals surface area (Å²) in [6.07, 6.45) is 59.8. The van der Waals surface area contributed by atoms with Gasteiger partial charge in [0.05, 0.1) is 6.61 Å². The van der Waals surface area contributed by atoms with Crippen LogP contribution < -0.4 is 0 Å². The Morgan fingerprint density at radius 3 is 1.20 bits per heavy atom. The van der Waals surface area contributed by atoms with Crippen molar-refractivity contribution in [3.63, 3.8) is 0 Å². The molecule has 1 N–H and O–H groups in total. The normalized spacial score (nSPS) is 12.9. The van der Waals surface area contributed by atoms with E-state index in [1.807, 2.05) is 0 Å². The maximum absolute atomic E-state index is 12.2. The molecule has 0 aromatic carbocycles. The summed E-state index contributed by atoms with van der Waals surface area (Å²) in [4.78, 5) is 24.3. The number of aliphatic hydroxyl groups is 1. The minimum Gasteiger partial charge on any atom is -0.462 e. The molecule has 1 unspecified atom stereocenters. The summed E-state index contributed by atoms with van der Waals surface area (Å²) in [6.45, 7) is 3.99. The quantitative estimate of drug-likeness (QED) is 0.0383. The van der Waals surface area contributed by atoms with Gasteiger partial charge in [0.1, 0.15) is 6.61 Å². The highest BCUT2D eigenvalue weighted by atomic mass is 16.6. The highest BCUT2D eigenvalue weighted by Gasteiger charge is 2.16. The van der Waals surface area contributed by atoms with E-state index < -0.39 is 6.10 Å². The summed E-state index contributed by atoms with van der Waals surface area (Å²) in [6, 6.07) is 0. The fourth-order valence-electron chi connectivity index (χ4n) is 6.10. The van der Waals surface area contributed by atoms with Gasteiger partial charge in [0.2, 0.25) is 0 Å². The minimum atomic E-state index is -0.784. The van der Waals surface area contributed by atoms with Crippen LogP contribution in [0.3, 0.4) is 0 Å². The van der Waals surface area contributed by atoms with Gasteiger partial charge in [-0.05, 0) is 83.5 Å². The monoisotopic (exact) mass is 753 g/mol. The predicted octanol–water partition coefficient (Wildman–Crippen LogP) is 14.5. The third-order valence-electron chi connectivity index (χ3n) is 9.48. The van der Waals surface area contributed by atoms with E-state index >= 15 is 0 Å². The Morgan fingerprint density at radius 1 is 0.444 bits per heavy atom. The number of carbonyl (C=O) groups excluding carboxylic acids is 2. The molecule has 0 heterocycles. The Balaban J connectivity index is 3.56. The van der Waals surface area contributed by atoms with Crippen molar-refractivity contribution in [2.45, 2.75) is 213 Å². The van der Waals surface area contributed by atoms with E-state index in [1.54, 1.807) is 0 Å². The number of rotatable bonds is 40. The molecule has 0 radical (unpaired) electrons. The Bertz CT molecular complexity index is 988. The predicted molar refractivity (Wildman–Crippen MR) is 233 cm³/mol. The number of esters is 2. The van der Waals surface area contributed by atoms with Crippen LogP contribution in [0, 0.1) is 0 Å². The first-order chi connectivity index (χ1) is 26.6. The van der Waals surface area contributed by atoms with Crippen LogP contribution in [0.5, 0.6) is 0 Å². The summed E-state index contributed by atoms with van der Waals surface area (Å²) in [5, 5.41) is 9.58. The minimum absolute atomic E-state index is 0.0794. The number of aliphatic hydroxyl groups excluding tert-OH is 1. The number of hydrogen-bond donors (Lipinski definition) is 1. The molecule has 54 heavy (non-hydrogen) atoms. The second kappa shape index (κ2) is 44.7. The zero-order chi connectivity index (χ0) is 39.3. The Hall–Kier alpha value is -2.66. The zero-order valence-electron chi connectivity index (χ0n) is 35.2. The van der Waals surface area contributed by atoms with Crippen LogP contribution in [0.4, 0.5) is 0 Å². The van der Waals surface area contributed by atoms with E-state index in [9.17, 15) is 14.7 Å². The fourth-order valence-corrected chi connectivity index (χ4v) is 6.10. The van der Waals surface area contributed by atoms with Crippen LogP contribution in [-0.2, 0) is 19.1 Å². The first-order valence-corrected chi connectivity index (χ1v) is 22.5. The van der Waals surface area contributed by atoms with Gasteiger partial charge in [-0.25, -0.2) is 0 Å². The SMILES string of the molecule is CC/C=C\C/C=C\C/C=C\CCCCCCCC(=O)OCC(CO)OC(=O)CCCCCCCCCCCC/C=C\C/C=C\C/C=C\CCCCCCC. The van der Waals surface area contributed by atoms with Crippen molar-refractivity contribution in [2.75, 3.05) is 13.2 Å². The summed E-state index contributed by atoms with van der Waals surface area (Å²) in [5.74, 6) is -0.617. The Labute approximate surface area is 333 Å². The van der Waals surface area contributed by atoms with Crippen LogP contribution in [0.25, 0.3) is 0 Å². The molecule has 0 aromatic rings. The van der Waals surface area contributed by atoms with Crippen LogP contribution in [0.1, 0.15) is 206 Å². The molecule has 0 amide bonds. The maximum Gasteiger partial charge on any atom is 0.306 e. The molecule has 0 fully saturated rings. The molecule has 5 nitrogen and oxygen atoms in total. The van der Waals surface area contributed by atoms with Crippen molar-refractivity contribution in [2.24, 2.45) is 0 Å². The highest BCUT2D eigenvalue weighted by molar-refractivity contribution is 5.70. The molecule has 5 heteroatoms. The lowest BCUT2D eigenvalue weighted by atomic mass is 10.0. The van der Waals surface area contributed by atoms with Gasteiger partial charge in [0, 0.05) is 12.8 Å². The largest absolute Gasteiger partial charge is 0.462 e. The first-order valence-electron chi connectivity index (χ1n) is 22.5. The van der Waals surface area contributed by atoms with Crippen LogP contribution in [-0.4, -0.2) is 36.4 Å². The fraction of sp³-hybridized carbons (Fsp3) is 0.714. The van der Waals surface area contributed by atoms with Crippen molar-refractivity contribution < 1.29 is 24.2 Å². The third-order valence-corrected chi connectivity index (χ3v) is 9.48. The molecular formula is C49H84O5. The van der Waals surface area contributed by atoms with Crippen LogP contribution in [0.2, 0.25) is 0 Å². The lowest BCUT2D eigenvalue weighted by Gasteiger charge is -2.15. The van der Waals surface area contributed by atoms with E-state index in [-0.39, 0.29) is 25.2 Å². The molecule has 0 aromatic heterocycles. The van der Waals surface area contributed by atoms with E-state index in [0.29, 0.717) is 12.8 Å². The second-order valence-corrected chi connectivity index (χ2v) is 14.7. The van der Waals surface area contributed by atoms with Gasteiger partial charge in [0.25, 0.3) is 0 Å². The van der Waals surface area contributed by atoms with Crippen molar-refractivity contribution in [1.82, 2.24) is 0 Å². The highest BCUT2D eigenvalue weighted by Crippen LogP contribution is 2.14. The molecule has 0 aliphatic heterocycles. The topological polar surface area (TPSA) is 72.8 Å². The van der Waals surface area contributed by atoms with Gasteiger partial charge >= 0.3 is 11.9 Å². The second-order valence-electron chi connectivity index (χ2n) is 14.7. The number of allylic oxidation sites excluding steroid dienone is 12. The molecule has 0 saturated heterocycles. The Morgan fingerprint density at radius 2 is 0.796 bits per heavy atom. The van der Waals surface area contributed by atoms with Crippen molar-refractivity contribution in [1.29, 1.82) is 0 Å². The number of carbonyl (C=O) groups is 2. The van der Waals surface area contributed by atoms with Gasteiger partial charge in [-0.2, -0.15) is 0 Å². The van der Waals surface area contributed by atoms with Gasteiger partial charge < -0.3 is 14.6 Å². The van der Waals surface area contributed by atoms with Gasteiger partial charge in [-0.1, -0.05) is 183 Å². The molecule has 0 bridgehead atoms.